The number of hydrazine groups is 1. The van der Waals surface area contributed by atoms with E-state index in [9.17, 15) is 19.2 Å². The molecule has 0 aromatic rings. The van der Waals surface area contributed by atoms with Crippen LogP contribution in [0, 0.1) is 0 Å². The standard InChI is InChI=1S/C11H14N2O5/c1-7(14)13(8(2)15)12-6-9(11(17)18-3)4-5-10(12)16/h6H,4-5H2,1-3H3. The number of hydrogen-bond donors (Lipinski definition) is 0. The third-order valence-electron chi connectivity index (χ3n) is 2.40. The van der Waals surface area contributed by atoms with Gasteiger partial charge in [0.05, 0.1) is 12.7 Å². The van der Waals surface area contributed by atoms with Crippen molar-refractivity contribution in [1.29, 1.82) is 0 Å². The molecule has 1 aliphatic rings. The molecule has 0 radical (unpaired) electrons. The highest BCUT2D eigenvalue weighted by Gasteiger charge is 2.30. The van der Waals surface area contributed by atoms with Gasteiger partial charge in [-0.2, -0.15) is 5.01 Å². The molecule has 1 rings (SSSR count). The highest BCUT2D eigenvalue weighted by Crippen LogP contribution is 2.19. The van der Waals surface area contributed by atoms with E-state index in [0.717, 1.165) is 18.9 Å². The van der Waals surface area contributed by atoms with Crippen molar-refractivity contribution in [3.05, 3.63) is 11.8 Å². The number of ether oxygens (including phenoxy) is 1. The van der Waals surface area contributed by atoms with E-state index in [4.69, 9.17) is 0 Å². The van der Waals surface area contributed by atoms with Crippen molar-refractivity contribution < 1.29 is 23.9 Å². The Morgan fingerprint density at radius 1 is 1.22 bits per heavy atom. The molecule has 0 N–H and O–H groups in total. The number of carbonyl (C=O) groups excluding carboxylic acids is 4. The Kier molecular flexibility index (Phi) is 4.19. The van der Waals surface area contributed by atoms with Gasteiger partial charge in [-0.05, 0) is 6.42 Å². The summed E-state index contributed by atoms with van der Waals surface area (Å²) in [5.41, 5.74) is 0.240. The first-order valence-electron chi connectivity index (χ1n) is 5.30. The first kappa shape index (κ1) is 13.9. The van der Waals surface area contributed by atoms with Crippen LogP contribution >= 0.6 is 0 Å². The number of hydrogen-bond acceptors (Lipinski definition) is 5. The van der Waals surface area contributed by atoms with Gasteiger partial charge in [-0.25, -0.2) is 9.80 Å². The summed E-state index contributed by atoms with van der Waals surface area (Å²) in [6, 6.07) is 0. The molecule has 0 fully saturated rings. The van der Waals surface area contributed by atoms with Gasteiger partial charge in [-0.1, -0.05) is 0 Å². The van der Waals surface area contributed by atoms with E-state index in [-0.39, 0.29) is 18.4 Å². The topological polar surface area (TPSA) is 84.0 Å². The summed E-state index contributed by atoms with van der Waals surface area (Å²) in [5.74, 6) is -2.20. The van der Waals surface area contributed by atoms with Crippen LogP contribution in [0.25, 0.3) is 0 Å². The average Bonchev–Trinajstić information content (AvgIpc) is 2.30. The summed E-state index contributed by atoms with van der Waals surface area (Å²) in [7, 11) is 1.22. The molecule has 0 aromatic carbocycles. The van der Waals surface area contributed by atoms with E-state index in [2.05, 4.69) is 4.74 Å². The van der Waals surface area contributed by atoms with Gasteiger partial charge in [0.1, 0.15) is 0 Å². The van der Waals surface area contributed by atoms with Crippen molar-refractivity contribution in [3.63, 3.8) is 0 Å². The molecule has 3 amide bonds. The number of amides is 3. The minimum absolute atomic E-state index is 0.0397. The van der Waals surface area contributed by atoms with E-state index in [1.165, 1.54) is 13.3 Å². The van der Waals surface area contributed by atoms with Crippen LogP contribution in [0.15, 0.2) is 11.8 Å². The molecule has 0 unspecified atom stereocenters. The molecule has 0 saturated carbocycles. The van der Waals surface area contributed by atoms with Crippen molar-refractivity contribution in [2.24, 2.45) is 0 Å². The van der Waals surface area contributed by atoms with Crippen LogP contribution in [0.2, 0.25) is 0 Å². The maximum absolute atomic E-state index is 11.7. The van der Waals surface area contributed by atoms with E-state index >= 15 is 0 Å². The third-order valence-corrected chi connectivity index (χ3v) is 2.40. The quantitative estimate of drug-likeness (QED) is 0.646. The fourth-order valence-corrected chi connectivity index (χ4v) is 1.62. The maximum Gasteiger partial charge on any atom is 0.335 e. The number of nitrogens with zero attached hydrogens (tertiary/aromatic N) is 2. The molecule has 98 valence electrons. The van der Waals surface area contributed by atoms with Gasteiger partial charge in [-0.15, -0.1) is 0 Å². The minimum atomic E-state index is -0.599. The Bertz CT molecular complexity index is 427. The summed E-state index contributed by atoms with van der Waals surface area (Å²) >= 11 is 0. The first-order valence-corrected chi connectivity index (χ1v) is 5.30. The van der Waals surface area contributed by atoms with Crippen molar-refractivity contribution >= 4 is 23.7 Å². The number of carbonyl (C=O) groups is 4. The average molecular weight is 254 g/mol. The lowest BCUT2D eigenvalue weighted by atomic mass is 10.1. The van der Waals surface area contributed by atoms with E-state index in [1.807, 2.05) is 0 Å². The van der Waals surface area contributed by atoms with Gasteiger partial charge < -0.3 is 4.74 Å². The summed E-state index contributed by atoms with van der Waals surface area (Å²) < 4.78 is 4.54. The highest BCUT2D eigenvalue weighted by atomic mass is 16.5. The molecule has 1 aliphatic heterocycles. The van der Waals surface area contributed by atoms with Crippen LogP contribution in [-0.4, -0.2) is 40.8 Å². The molecule has 1 heterocycles. The zero-order valence-electron chi connectivity index (χ0n) is 10.4. The number of rotatable bonds is 2. The lowest BCUT2D eigenvalue weighted by Crippen LogP contribution is -2.49. The molecule has 0 bridgehead atoms. The highest BCUT2D eigenvalue weighted by molar-refractivity contribution is 5.97. The molecule has 0 spiro atoms. The second-order valence-corrected chi connectivity index (χ2v) is 3.73. The first-order chi connectivity index (χ1) is 8.38. The van der Waals surface area contributed by atoms with Gasteiger partial charge in [-0.3, -0.25) is 14.4 Å². The Morgan fingerprint density at radius 3 is 2.22 bits per heavy atom. The van der Waals surface area contributed by atoms with E-state index < -0.39 is 23.7 Å². The largest absolute Gasteiger partial charge is 0.466 e. The summed E-state index contributed by atoms with van der Waals surface area (Å²) in [6.07, 6.45) is 1.43. The summed E-state index contributed by atoms with van der Waals surface area (Å²) in [6.45, 7) is 2.32. The molecule has 18 heavy (non-hydrogen) atoms. The second kappa shape index (κ2) is 5.44. The van der Waals surface area contributed by atoms with Crippen molar-refractivity contribution in [1.82, 2.24) is 10.0 Å². The normalized spacial score (nSPS) is 14.9. The molecule has 0 atom stereocenters. The van der Waals surface area contributed by atoms with Gasteiger partial charge in [0, 0.05) is 26.5 Å². The molecular weight excluding hydrogens is 240 g/mol. The fourth-order valence-electron chi connectivity index (χ4n) is 1.62. The number of methoxy groups -OCH3 is 1. The Morgan fingerprint density at radius 2 is 1.78 bits per heavy atom. The summed E-state index contributed by atoms with van der Waals surface area (Å²) in [5, 5.41) is 1.55. The molecule has 0 aromatic heterocycles. The van der Waals surface area contributed by atoms with Crippen LogP contribution in [0.3, 0.4) is 0 Å². The van der Waals surface area contributed by atoms with Crippen LogP contribution in [-0.2, 0) is 23.9 Å². The lowest BCUT2D eigenvalue weighted by Gasteiger charge is -2.31. The SMILES string of the molecule is COC(=O)C1=CN(N(C(C)=O)C(C)=O)C(=O)CC1. The third kappa shape index (κ3) is 2.73. The zero-order valence-corrected chi connectivity index (χ0v) is 10.4. The van der Waals surface area contributed by atoms with Crippen LogP contribution < -0.4 is 0 Å². The van der Waals surface area contributed by atoms with Gasteiger partial charge in [0.25, 0.3) is 0 Å². The Balaban J connectivity index is 3.10. The smallest absolute Gasteiger partial charge is 0.335 e. The predicted octanol–water partition coefficient (Wildman–Crippen LogP) is -0.0243. The minimum Gasteiger partial charge on any atom is -0.466 e. The lowest BCUT2D eigenvalue weighted by molar-refractivity contribution is -0.167. The van der Waals surface area contributed by atoms with Crippen molar-refractivity contribution in [3.8, 4) is 0 Å². The second-order valence-electron chi connectivity index (χ2n) is 3.73. The monoisotopic (exact) mass is 254 g/mol. The zero-order chi connectivity index (χ0) is 13.9. The van der Waals surface area contributed by atoms with Crippen LogP contribution in [0.1, 0.15) is 26.7 Å². The van der Waals surface area contributed by atoms with Gasteiger partial charge in [0.15, 0.2) is 0 Å². The fraction of sp³-hybridized carbons (Fsp3) is 0.455. The molecular formula is C11H14N2O5. The number of imide groups is 1. The molecule has 0 aliphatic carbocycles. The summed E-state index contributed by atoms with van der Waals surface area (Å²) in [4.78, 5) is 45.7. The maximum atomic E-state index is 11.7. The van der Waals surface area contributed by atoms with Crippen molar-refractivity contribution in [2.45, 2.75) is 26.7 Å². The Hall–Kier alpha value is -2.18. The van der Waals surface area contributed by atoms with Crippen molar-refractivity contribution in [2.75, 3.05) is 7.11 Å². The van der Waals surface area contributed by atoms with E-state index in [1.54, 1.807) is 0 Å². The van der Waals surface area contributed by atoms with Crippen LogP contribution in [0.4, 0.5) is 0 Å². The van der Waals surface area contributed by atoms with Gasteiger partial charge in [0.2, 0.25) is 17.7 Å². The molecule has 0 saturated heterocycles. The molecule has 7 nitrogen and oxygen atoms in total. The molecule has 7 heteroatoms. The van der Waals surface area contributed by atoms with Crippen LogP contribution in [0.5, 0.6) is 0 Å². The number of esters is 1. The van der Waals surface area contributed by atoms with E-state index in [0.29, 0.717) is 5.01 Å². The predicted molar refractivity (Wildman–Crippen MR) is 59.4 cm³/mol. The Labute approximate surface area is 104 Å². The van der Waals surface area contributed by atoms with Gasteiger partial charge >= 0.3 is 5.97 Å².